The first kappa shape index (κ1) is 13.6. The third-order valence-electron chi connectivity index (χ3n) is 4.42. The summed E-state index contributed by atoms with van der Waals surface area (Å²) in [6.07, 6.45) is 0. The molecule has 0 spiro atoms. The number of hydrogen-bond donors (Lipinski definition) is 1. The summed E-state index contributed by atoms with van der Waals surface area (Å²) in [6, 6.07) is 0.714. The van der Waals surface area contributed by atoms with E-state index in [-0.39, 0.29) is 0 Å². The van der Waals surface area contributed by atoms with Crippen molar-refractivity contribution >= 4 is 22.8 Å². The molecule has 1 fully saturated rings. The lowest BCUT2D eigenvalue weighted by Gasteiger charge is -2.56. The first-order chi connectivity index (χ1) is 6.47. The Hall–Kier alpha value is 0.531. The quantitative estimate of drug-likeness (QED) is 0.737. The predicted molar refractivity (Wildman–Crippen MR) is 70.1 cm³/mol. The van der Waals surface area contributed by atoms with E-state index in [1.165, 1.54) is 0 Å². The molecule has 1 aliphatic rings. The Morgan fingerprint density at radius 2 is 1.67 bits per heavy atom. The fourth-order valence-corrected chi connectivity index (χ4v) is 30.5. The molecule has 0 bridgehead atoms. The highest BCUT2D eigenvalue weighted by atomic mass is 29.7. The third kappa shape index (κ3) is 2.03. The number of aliphatic hydroxyl groups is 1. The van der Waals surface area contributed by atoms with Crippen molar-refractivity contribution in [1.82, 2.24) is 0 Å². The first-order valence-electron chi connectivity index (χ1n) is 5.45. The summed E-state index contributed by atoms with van der Waals surface area (Å²) in [4.78, 5) is 0. The van der Waals surface area contributed by atoms with Crippen LogP contribution in [0.3, 0.4) is 0 Å². The molecular formula is C9H24O3Si3. The maximum absolute atomic E-state index is 10.2. The molecule has 2 unspecified atom stereocenters. The van der Waals surface area contributed by atoms with E-state index in [0.717, 1.165) is 0 Å². The van der Waals surface area contributed by atoms with Crippen LogP contribution in [-0.2, 0) is 8.85 Å². The van der Waals surface area contributed by atoms with Gasteiger partial charge in [-0.3, -0.25) is 0 Å². The van der Waals surface area contributed by atoms with E-state index in [1.54, 1.807) is 6.92 Å². The molecule has 0 aromatic heterocycles. The lowest BCUT2D eigenvalue weighted by atomic mass is 10.4. The standard InChI is InChI=1S/C9H24O3Si3/c1-9(10)8-15(7,11-2)14(5,6)13(3,4)12-9/h10H,8H2,1-7H3. The van der Waals surface area contributed by atoms with Crippen molar-refractivity contribution in [2.45, 2.75) is 51.5 Å². The van der Waals surface area contributed by atoms with Crippen LogP contribution in [-0.4, -0.2) is 40.8 Å². The van der Waals surface area contributed by atoms with Crippen molar-refractivity contribution in [3.8, 4) is 0 Å². The zero-order valence-electron chi connectivity index (χ0n) is 11.0. The Balaban J connectivity index is 3.18. The fraction of sp³-hybridized carbons (Fsp3) is 1.00. The second kappa shape index (κ2) is 3.51. The zero-order chi connectivity index (χ0) is 12.1. The van der Waals surface area contributed by atoms with Gasteiger partial charge in [0.05, 0.1) is 7.11 Å². The second-order valence-electron chi connectivity index (χ2n) is 6.02. The monoisotopic (exact) mass is 264 g/mol. The second-order valence-corrected chi connectivity index (χ2v) is 31.5. The minimum absolute atomic E-state index is 0.714. The molecule has 90 valence electrons. The van der Waals surface area contributed by atoms with Gasteiger partial charge in [0.25, 0.3) is 0 Å². The third-order valence-corrected chi connectivity index (χ3v) is 41.8. The van der Waals surface area contributed by atoms with E-state index in [9.17, 15) is 5.11 Å². The molecule has 1 rings (SSSR count). The van der Waals surface area contributed by atoms with E-state index in [1.807, 2.05) is 7.11 Å². The van der Waals surface area contributed by atoms with Crippen LogP contribution in [0.25, 0.3) is 0 Å². The summed E-state index contributed by atoms with van der Waals surface area (Å²) >= 11 is 0. The molecule has 0 saturated carbocycles. The van der Waals surface area contributed by atoms with Crippen LogP contribution in [0, 0.1) is 0 Å². The van der Waals surface area contributed by atoms with Gasteiger partial charge in [-0.2, -0.15) is 0 Å². The maximum Gasteiger partial charge on any atom is 0.181 e. The van der Waals surface area contributed by atoms with Gasteiger partial charge in [0.2, 0.25) is 0 Å². The minimum atomic E-state index is -1.78. The molecule has 1 N–H and O–H groups in total. The summed E-state index contributed by atoms with van der Waals surface area (Å²) in [5, 5.41) is 10.2. The zero-order valence-corrected chi connectivity index (χ0v) is 14.0. The molecule has 1 aliphatic heterocycles. The Labute approximate surface area is 95.6 Å². The normalized spacial score (nSPS) is 44.0. The Morgan fingerprint density at radius 3 is 2.07 bits per heavy atom. The smallest absolute Gasteiger partial charge is 0.181 e. The van der Waals surface area contributed by atoms with Gasteiger partial charge in [0.1, 0.15) is 0 Å². The highest BCUT2D eigenvalue weighted by molar-refractivity contribution is 7.66. The highest BCUT2D eigenvalue weighted by Crippen LogP contribution is 2.42. The summed E-state index contributed by atoms with van der Waals surface area (Å²) in [5.74, 6) is -0.963. The lowest BCUT2D eigenvalue weighted by molar-refractivity contribution is -0.113. The maximum atomic E-state index is 10.2. The average molecular weight is 265 g/mol. The molecule has 6 heteroatoms. The molecule has 3 nitrogen and oxygen atoms in total. The first-order valence-corrected chi connectivity index (χ1v) is 16.0. The van der Waals surface area contributed by atoms with Crippen LogP contribution in [0.15, 0.2) is 0 Å². The molecule has 1 saturated heterocycles. The van der Waals surface area contributed by atoms with E-state index in [0.29, 0.717) is 6.04 Å². The van der Waals surface area contributed by atoms with E-state index >= 15 is 0 Å². The molecule has 2 atom stereocenters. The predicted octanol–water partition coefficient (Wildman–Crippen LogP) is 2.02. The van der Waals surface area contributed by atoms with Gasteiger partial charge in [-0.05, 0) is 26.6 Å². The Kier molecular flexibility index (Phi) is 3.18. The fourth-order valence-electron chi connectivity index (χ4n) is 2.52. The summed E-state index contributed by atoms with van der Waals surface area (Å²) in [6.45, 7) is 13.3. The summed E-state index contributed by atoms with van der Waals surface area (Å²) < 4.78 is 11.8. The molecule has 0 aromatic rings. The van der Waals surface area contributed by atoms with Crippen LogP contribution in [0.2, 0.25) is 38.8 Å². The van der Waals surface area contributed by atoms with Crippen LogP contribution in [0.5, 0.6) is 0 Å². The highest BCUT2D eigenvalue weighted by Gasteiger charge is 2.64. The molecule has 0 aromatic carbocycles. The lowest BCUT2D eigenvalue weighted by Crippen LogP contribution is -2.79. The van der Waals surface area contributed by atoms with Crippen LogP contribution >= 0.6 is 0 Å². The molecule has 0 amide bonds. The largest absolute Gasteiger partial charge is 0.423 e. The topological polar surface area (TPSA) is 38.7 Å². The average Bonchev–Trinajstić information content (AvgIpc) is 1.98. The van der Waals surface area contributed by atoms with Gasteiger partial charge in [-0.25, -0.2) is 0 Å². The van der Waals surface area contributed by atoms with Crippen molar-refractivity contribution in [2.24, 2.45) is 0 Å². The van der Waals surface area contributed by atoms with Crippen molar-refractivity contribution in [2.75, 3.05) is 7.11 Å². The van der Waals surface area contributed by atoms with E-state index in [2.05, 4.69) is 32.7 Å². The summed E-state index contributed by atoms with van der Waals surface area (Å²) in [7, 11) is -3.24. The SMILES string of the molecule is CO[Si]1(C)CC(C)(O)O[Si](C)(C)[Si]1(C)C. The number of hydrogen-bond acceptors (Lipinski definition) is 3. The van der Waals surface area contributed by atoms with Gasteiger partial charge in [-0.1, -0.05) is 13.1 Å². The molecule has 0 aliphatic carbocycles. The van der Waals surface area contributed by atoms with E-state index in [4.69, 9.17) is 8.85 Å². The van der Waals surface area contributed by atoms with Gasteiger partial charge < -0.3 is 14.0 Å². The molecule has 0 radical (unpaired) electrons. The van der Waals surface area contributed by atoms with Crippen LogP contribution in [0.1, 0.15) is 6.92 Å². The number of rotatable bonds is 1. The minimum Gasteiger partial charge on any atom is -0.423 e. The van der Waals surface area contributed by atoms with E-state index < -0.39 is 28.6 Å². The summed E-state index contributed by atoms with van der Waals surface area (Å²) in [5.41, 5.74) is 0. The van der Waals surface area contributed by atoms with Crippen molar-refractivity contribution in [3.63, 3.8) is 0 Å². The molecular weight excluding hydrogens is 240 g/mol. The Bertz CT molecular complexity index is 265. The van der Waals surface area contributed by atoms with Crippen molar-refractivity contribution < 1.29 is 14.0 Å². The Morgan fingerprint density at radius 1 is 1.20 bits per heavy atom. The van der Waals surface area contributed by atoms with Crippen molar-refractivity contribution in [3.05, 3.63) is 0 Å². The van der Waals surface area contributed by atoms with Gasteiger partial charge in [0, 0.05) is 13.2 Å². The van der Waals surface area contributed by atoms with Gasteiger partial charge >= 0.3 is 0 Å². The molecule has 15 heavy (non-hydrogen) atoms. The van der Waals surface area contributed by atoms with Crippen LogP contribution < -0.4 is 0 Å². The van der Waals surface area contributed by atoms with Crippen molar-refractivity contribution in [1.29, 1.82) is 0 Å². The molecule has 1 heterocycles. The van der Waals surface area contributed by atoms with Gasteiger partial charge in [-0.15, -0.1) is 0 Å². The van der Waals surface area contributed by atoms with Gasteiger partial charge in [0.15, 0.2) is 21.5 Å². The van der Waals surface area contributed by atoms with Crippen LogP contribution in [0.4, 0.5) is 0 Å².